The summed E-state index contributed by atoms with van der Waals surface area (Å²) in [5.41, 5.74) is 0. The Balaban J connectivity index is 4.18. The van der Waals surface area contributed by atoms with Gasteiger partial charge in [-0.1, -0.05) is 13.8 Å². The second-order valence-electron chi connectivity index (χ2n) is 5.64. The SMILES string of the molecule is CCNC(=NCCNS(C)(=O)=O)NC(C)CCCN(CC)CC. The first-order valence-electron chi connectivity index (χ1n) is 8.54. The zero-order valence-electron chi connectivity index (χ0n) is 15.4. The predicted octanol–water partition coefficient (Wildman–Crippen LogP) is 0.601. The molecule has 7 nitrogen and oxygen atoms in total. The molecule has 0 rings (SSSR count). The monoisotopic (exact) mass is 349 g/mol. The summed E-state index contributed by atoms with van der Waals surface area (Å²) < 4.78 is 24.5. The van der Waals surface area contributed by atoms with Gasteiger partial charge in [0.25, 0.3) is 0 Å². The van der Waals surface area contributed by atoms with Crippen molar-refractivity contribution < 1.29 is 8.42 Å². The first kappa shape index (κ1) is 22.1. The Bertz CT molecular complexity index is 422. The molecule has 0 aliphatic carbocycles. The summed E-state index contributed by atoms with van der Waals surface area (Å²) in [5, 5.41) is 6.55. The highest BCUT2D eigenvalue weighted by atomic mass is 32.2. The van der Waals surface area contributed by atoms with Crippen LogP contribution in [-0.2, 0) is 10.0 Å². The second kappa shape index (κ2) is 12.5. The molecule has 0 saturated carbocycles. The second-order valence-corrected chi connectivity index (χ2v) is 7.47. The Labute approximate surface area is 142 Å². The van der Waals surface area contributed by atoms with E-state index in [9.17, 15) is 8.42 Å². The fraction of sp³-hybridized carbons (Fsp3) is 0.933. The van der Waals surface area contributed by atoms with Crippen molar-refractivity contribution >= 4 is 16.0 Å². The van der Waals surface area contributed by atoms with Crippen LogP contribution >= 0.6 is 0 Å². The topological polar surface area (TPSA) is 85.8 Å². The predicted molar refractivity (Wildman–Crippen MR) is 98.4 cm³/mol. The lowest BCUT2D eigenvalue weighted by molar-refractivity contribution is 0.292. The molecule has 0 radical (unpaired) electrons. The maximum Gasteiger partial charge on any atom is 0.208 e. The van der Waals surface area contributed by atoms with Crippen molar-refractivity contribution in [2.45, 2.75) is 46.6 Å². The van der Waals surface area contributed by atoms with E-state index >= 15 is 0 Å². The summed E-state index contributed by atoms with van der Waals surface area (Å²) in [6, 6.07) is 0.325. The van der Waals surface area contributed by atoms with Crippen molar-refractivity contribution in [1.82, 2.24) is 20.3 Å². The standard InChI is InChI=1S/C15H35N5O2S/c1-6-16-15(17-11-12-18-23(5,21)22)19-14(4)10-9-13-20(7-2)8-3/h14,18H,6-13H2,1-5H3,(H2,16,17,19). The molecule has 0 heterocycles. The van der Waals surface area contributed by atoms with Gasteiger partial charge in [-0.3, -0.25) is 4.99 Å². The Morgan fingerprint density at radius 3 is 2.39 bits per heavy atom. The fourth-order valence-electron chi connectivity index (χ4n) is 2.19. The van der Waals surface area contributed by atoms with Crippen LogP contribution in [0.1, 0.15) is 40.5 Å². The van der Waals surface area contributed by atoms with Gasteiger partial charge < -0.3 is 15.5 Å². The molecule has 0 amide bonds. The summed E-state index contributed by atoms with van der Waals surface area (Å²) in [7, 11) is -3.15. The van der Waals surface area contributed by atoms with Crippen LogP contribution in [0, 0.1) is 0 Å². The van der Waals surface area contributed by atoms with Crippen LogP contribution in [0.2, 0.25) is 0 Å². The number of nitrogens with zero attached hydrogens (tertiary/aromatic N) is 2. The zero-order chi connectivity index (χ0) is 17.7. The van der Waals surface area contributed by atoms with Gasteiger partial charge in [-0.15, -0.1) is 0 Å². The van der Waals surface area contributed by atoms with Crippen LogP contribution in [0.3, 0.4) is 0 Å². The van der Waals surface area contributed by atoms with E-state index in [0.29, 0.717) is 19.1 Å². The molecule has 0 saturated heterocycles. The molecule has 23 heavy (non-hydrogen) atoms. The third kappa shape index (κ3) is 13.3. The minimum absolute atomic E-state index is 0.311. The number of aliphatic imine (C=N–C) groups is 1. The Morgan fingerprint density at radius 2 is 1.87 bits per heavy atom. The average Bonchev–Trinajstić information content (AvgIpc) is 2.47. The van der Waals surface area contributed by atoms with E-state index in [-0.39, 0.29) is 0 Å². The molecule has 138 valence electrons. The molecule has 0 aliphatic heterocycles. The number of sulfonamides is 1. The van der Waals surface area contributed by atoms with Crippen molar-refractivity contribution in [3.8, 4) is 0 Å². The summed E-state index contributed by atoms with van der Waals surface area (Å²) in [5.74, 6) is 0.734. The van der Waals surface area contributed by atoms with E-state index < -0.39 is 10.0 Å². The minimum Gasteiger partial charge on any atom is -0.357 e. The lowest BCUT2D eigenvalue weighted by Crippen LogP contribution is -2.43. The third-order valence-electron chi connectivity index (χ3n) is 3.48. The molecular weight excluding hydrogens is 314 g/mol. The largest absolute Gasteiger partial charge is 0.357 e. The molecule has 8 heteroatoms. The average molecular weight is 350 g/mol. The summed E-state index contributed by atoms with van der Waals surface area (Å²) in [6.07, 6.45) is 3.37. The van der Waals surface area contributed by atoms with Gasteiger partial charge in [-0.2, -0.15) is 0 Å². The maximum atomic E-state index is 11.0. The molecule has 0 bridgehead atoms. The van der Waals surface area contributed by atoms with E-state index in [1.54, 1.807) is 0 Å². The Morgan fingerprint density at radius 1 is 1.22 bits per heavy atom. The van der Waals surface area contributed by atoms with Crippen molar-refractivity contribution in [3.05, 3.63) is 0 Å². The van der Waals surface area contributed by atoms with Crippen LogP contribution < -0.4 is 15.4 Å². The molecule has 0 spiro atoms. The minimum atomic E-state index is -3.15. The highest BCUT2D eigenvalue weighted by Crippen LogP contribution is 1.99. The molecule has 0 aliphatic rings. The van der Waals surface area contributed by atoms with Crippen molar-refractivity contribution in [3.63, 3.8) is 0 Å². The fourth-order valence-corrected chi connectivity index (χ4v) is 2.65. The van der Waals surface area contributed by atoms with E-state index in [0.717, 1.165) is 51.2 Å². The van der Waals surface area contributed by atoms with Crippen molar-refractivity contribution in [2.24, 2.45) is 4.99 Å². The van der Waals surface area contributed by atoms with Gasteiger partial charge >= 0.3 is 0 Å². The first-order chi connectivity index (χ1) is 10.8. The van der Waals surface area contributed by atoms with Gasteiger partial charge in [0, 0.05) is 19.1 Å². The van der Waals surface area contributed by atoms with Crippen LogP contribution in [0.15, 0.2) is 4.99 Å². The van der Waals surface area contributed by atoms with Gasteiger partial charge in [-0.05, 0) is 46.3 Å². The lowest BCUT2D eigenvalue weighted by atomic mass is 10.2. The quantitative estimate of drug-likeness (QED) is 0.273. The van der Waals surface area contributed by atoms with Crippen molar-refractivity contribution in [2.75, 3.05) is 45.5 Å². The highest BCUT2D eigenvalue weighted by Gasteiger charge is 2.06. The van der Waals surface area contributed by atoms with Gasteiger partial charge in [0.05, 0.1) is 12.8 Å². The number of hydrogen-bond donors (Lipinski definition) is 3. The van der Waals surface area contributed by atoms with E-state index in [2.05, 4.69) is 46.0 Å². The molecule has 0 aromatic rings. The summed E-state index contributed by atoms with van der Waals surface area (Å²) in [6.45, 7) is 13.3. The van der Waals surface area contributed by atoms with Gasteiger partial charge in [0.15, 0.2) is 5.96 Å². The van der Waals surface area contributed by atoms with Crippen LogP contribution in [-0.4, -0.2) is 70.8 Å². The first-order valence-corrected chi connectivity index (χ1v) is 10.4. The summed E-state index contributed by atoms with van der Waals surface area (Å²) >= 11 is 0. The smallest absolute Gasteiger partial charge is 0.208 e. The third-order valence-corrected chi connectivity index (χ3v) is 4.21. The molecule has 0 aromatic heterocycles. The Kier molecular flexibility index (Phi) is 12.1. The van der Waals surface area contributed by atoms with Gasteiger partial charge in [0.2, 0.25) is 10.0 Å². The molecule has 1 atom stereocenters. The normalized spacial score (nSPS) is 14.1. The van der Waals surface area contributed by atoms with E-state index in [1.165, 1.54) is 0 Å². The molecule has 1 unspecified atom stereocenters. The lowest BCUT2D eigenvalue weighted by Gasteiger charge is -2.21. The van der Waals surface area contributed by atoms with Crippen LogP contribution in [0.5, 0.6) is 0 Å². The zero-order valence-corrected chi connectivity index (χ0v) is 16.2. The van der Waals surface area contributed by atoms with Crippen LogP contribution in [0.25, 0.3) is 0 Å². The van der Waals surface area contributed by atoms with Crippen LogP contribution in [0.4, 0.5) is 0 Å². The number of nitrogens with one attached hydrogen (secondary N) is 3. The van der Waals surface area contributed by atoms with E-state index in [4.69, 9.17) is 0 Å². The number of guanidine groups is 1. The summed E-state index contributed by atoms with van der Waals surface area (Å²) in [4.78, 5) is 6.81. The maximum absolute atomic E-state index is 11.0. The van der Waals surface area contributed by atoms with Gasteiger partial charge in [0.1, 0.15) is 0 Å². The molecular formula is C15H35N5O2S. The van der Waals surface area contributed by atoms with Crippen molar-refractivity contribution in [1.29, 1.82) is 0 Å². The van der Waals surface area contributed by atoms with Gasteiger partial charge in [-0.25, -0.2) is 13.1 Å². The number of rotatable bonds is 12. The Hall–Kier alpha value is -0.860. The molecule has 0 aromatic carbocycles. The number of hydrogen-bond acceptors (Lipinski definition) is 4. The molecule has 3 N–H and O–H groups in total. The highest BCUT2D eigenvalue weighted by molar-refractivity contribution is 7.88. The molecule has 0 fully saturated rings. The van der Waals surface area contributed by atoms with E-state index in [1.807, 2.05) is 6.92 Å².